The summed E-state index contributed by atoms with van der Waals surface area (Å²) in [7, 11) is 0. The Labute approximate surface area is 128 Å². The van der Waals surface area contributed by atoms with Crippen LogP contribution in [0.15, 0.2) is 30.9 Å². The van der Waals surface area contributed by atoms with Crippen LogP contribution in [0, 0.1) is 5.92 Å². The van der Waals surface area contributed by atoms with Crippen molar-refractivity contribution in [3.05, 3.63) is 30.9 Å². The maximum Gasteiger partial charge on any atom is 0.227 e. The van der Waals surface area contributed by atoms with E-state index in [0.29, 0.717) is 37.8 Å². The molecule has 0 aliphatic carbocycles. The zero-order valence-corrected chi connectivity index (χ0v) is 12.2. The van der Waals surface area contributed by atoms with Gasteiger partial charge in [0.15, 0.2) is 11.5 Å². The van der Waals surface area contributed by atoms with Crippen LogP contribution in [0.2, 0.25) is 0 Å². The topological polar surface area (TPSA) is 67.9 Å². The number of carbonyl (C=O) groups is 2. The molecule has 1 atom stereocenters. The van der Waals surface area contributed by atoms with Crippen LogP contribution >= 0.6 is 0 Å². The van der Waals surface area contributed by atoms with Crippen molar-refractivity contribution in [2.45, 2.75) is 6.42 Å². The number of hydrogen-bond donors (Lipinski definition) is 1. The smallest absolute Gasteiger partial charge is 0.227 e. The monoisotopic (exact) mass is 302 g/mol. The van der Waals surface area contributed by atoms with E-state index in [1.165, 1.54) is 0 Å². The number of carbonyl (C=O) groups excluding carboxylic acids is 2. The molecule has 1 aromatic carbocycles. The second-order valence-corrected chi connectivity index (χ2v) is 5.27. The fourth-order valence-electron chi connectivity index (χ4n) is 2.65. The van der Waals surface area contributed by atoms with Gasteiger partial charge in [-0.25, -0.2) is 0 Å². The molecule has 2 aliphatic rings. The van der Waals surface area contributed by atoms with Gasteiger partial charge in [-0.2, -0.15) is 0 Å². The van der Waals surface area contributed by atoms with Crippen molar-refractivity contribution in [3.8, 4) is 11.5 Å². The molecule has 6 heteroatoms. The first kappa shape index (κ1) is 14.4. The molecule has 2 heterocycles. The quantitative estimate of drug-likeness (QED) is 0.846. The largest absolute Gasteiger partial charge is 0.486 e. The Morgan fingerprint density at radius 1 is 1.36 bits per heavy atom. The Morgan fingerprint density at radius 2 is 2.14 bits per heavy atom. The lowest BCUT2D eigenvalue weighted by molar-refractivity contribution is -0.126. The number of nitrogens with one attached hydrogen (secondary N) is 1. The lowest BCUT2D eigenvalue weighted by Crippen LogP contribution is -2.33. The Morgan fingerprint density at radius 3 is 2.91 bits per heavy atom. The number of amides is 2. The molecule has 116 valence electrons. The molecule has 1 aromatic rings. The first-order chi connectivity index (χ1) is 10.7. The molecule has 2 amide bonds. The highest BCUT2D eigenvalue weighted by Gasteiger charge is 2.35. The Hall–Kier alpha value is -2.50. The van der Waals surface area contributed by atoms with Gasteiger partial charge in [-0.1, -0.05) is 6.08 Å². The predicted octanol–water partition coefficient (Wildman–Crippen LogP) is 1.11. The maximum atomic E-state index is 12.2. The van der Waals surface area contributed by atoms with Gasteiger partial charge in [0.25, 0.3) is 0 Å². The lowest BCUT2D eigenvalue weighted by Gasteiger charge is -2.22. The van der Waals surface area contributed by atoms with E-state index in [2.05, 4.69) is 11.9 Å². The van der Waals surface area contributed by atoms with Gasteiger partial charge < -0.3 is 19.7 Å². The van der Waals surface area contributed by atoms with Gasteiger partial charge in [0.2, 0.25) is 11.8 Å². The molecule has 0 bridgehead atoms. The van der Waals surface area contributed by atoms with Crippen molar-refractivity contribution in [1.82, 2.24) is 5.32 Å². The standard InChI is InChI=1S/C16H18N2O4/c1-2-5-17-16(20)11-8-15(19)18(10-11)12-3-4-13-14(9-12)22-7-6-21-13/h2-4,9,11H,1,5-8,10H2,(H,17,20). The molecule has 2 aliphatic heterocycles. The zero-order chi connectivity index (χ0) is 15.5. The SMILES string of the molecule is C=CCNC(=O)C1CC(=O)N(c2ccc3c(c2)OCCO3)C1. The van der Waals surface area contributed by atoms with Crippen molar-refractivity contribution in [2.24, 2.45) is 5.92 Å². The predicted molar refractivity (Wildman–Crippen MR) is 81.1 cm³/mol. The number of fused-ring (bicyclic) bond motifs is 1. The van der Waals surface area contributed by atoms with Gasteiger partial charge in [0.1, 0.15) is 13.2 Å². The number of anilines is 1. The number of hydrogen-bond acceptors (Lipinski definition) is 4. The Balaban J connectivity index is 1.73. The van der Waals surface area contributed by atoms with Crippen molar-refractivity contribution >= 4 is 17.5 Å². The van der Waals surface area contributed by atoms with Crippen LogP contribution < -0.4 is 19.7 Å². The van der Waals surface area contributed by atoms with Crippen molar-refractivity contribution in [3.63, 3.8) is 0 Å². The third kappa shape index (κ3) is 2.77. The molecule has 1 fully saturated rings. The van der Waals surface area contributed by atoms with Gasteiger partial charge in [-0.05, 0) is 12.1 Å². The van der Waals surface area contributed by atoms with E-state index in [9.17, 15) is 9.59 Å². The Kier molecular flexibility index (Phi) is 4.00. The molecule has 6 nitrogen and oxygen atoms in total. The van der Waals surface area contributed by atoms with Gasteiger partial charge in [0, 0.05) is 31.3 Å². The second kappa shape index (κ2) is 6.09. The fourth-order valence-corrected chi connectivity index (χ4v) is 2.65. The first-order valence-corrected chi connectivity index (χ1v) is 7.27. The van der Waals surface area contributed by atoms with Gasteiger partial charge in [-0.15, -0.1) is 6.58 Å². The van der Waals surface area contributed by atoms with E-state index >= 15 is 0 Å². The van der Waals surface area contributed by atoms with Gasteiger partial charge in [0.05, 0.1) is 5.92 Å². The molecule has 0 radical (unpaired) electrons. The highest BCUT2D eigenvalue weighted by molar-refractivity contribution is 6.00. The van der Waals surface area contributed by atoms with E-state index in [4.69, 9.17) is 9.47 Å². The highest BCUT2D eigenvalue weighted by Crippen LogP contribution is 2.35. The molecule has 0 saturated carbocycles. The van der Waals surface area contributed by atoms with Crippen molar-refractivity contribution in [2.75, 3.05) is 31.2 Å². The average Bonchev–Trinajstić information content (AvgIpc) is 2.94. The van der Waals surface area contributed by atoms with E-state index in [1.807, 2.05) is 6.07 Å². The van der Waals surface area contributed by atoms with E-state index < -0.39 is 0 Å². The van der Waals surface area contributed by atoms with E-state index in [0.717, 1.165) is 5.69 Å². The van der Waals surface area contributed by atoms with Crippen LogP contribution in [-0.4, -0.2) is 38.1 Å². The minimum atomic E-state index is -0.333. The molecular weight excluding hydrogens is 284 g/mol. The molecule has 22 heavy (non-hydrogen) atoms. The molecule has 1 unspecified atom stereocenters. The molecule has 1 saturated heterocycles. The van der Waals surface area contributed by atoms with Gasteiger partial charge in [-0.3, -0.25) is 9.59 Å². The van der Waals surface area contributed by atoms with Crippen LogP contribution in [0.3, 0.4) is 0 Å². The normalized spacial score (nSPS) is 19.9. The minimum absolute atomic E-state index is 0.0598. The van der Waals surface area contributed by atoms with Crippen molar-refractivity contribution in [1.29, 1.82) is 0 Å². The Bertz CT molecular complexity index is 614. The number of rotatable bonds is 4. The fraction of sp³-hybridized carbons (Fsp3) is 0.375. The van der Waals surface area contributed by atoms with Gasteiger partial charge >= 0.3 is 0 Å². The molecular formula is C16H18N2O4. The highest BCUT2D eigenvalue weighted by atomic mass is 16.6. The summed E-state index contributed by atoms with van der Waals surface area (Å²) < 4.78 is 11.0. The summed E-state index contributed by atoms with van der Waals surface area (Å²) in [5.74, 6) is 0.808. The average molecular weight is 302 g/mol. The molecule has 1 N–H and O–H groups in total. The number of nitrogens with zero attached hydrogens (tertiary/aromatic N) is 1. The molecule has 0 spiro atoms. The zero-order valence-electron chi connectivity index (χ0n) is 12.2. The van der Waals surface area contributed by atoms with Crippen LogP contribution in [-0.2, 0) is 9.59 Å². The third-order valence-electron chi connectivity index (χ3n) is 3.75. The second-order valence-electron chi connectivity index (χ2n) is 5.27. The summed E-state index contributed by atoms with van der Waals surface area (Å²) in [4.78, 5) is 25.8. The third-order valence-corrected chi connectivity index (χ3v) is 3.75. The number of ether oxygens (including phenoxy) is 2. The van der Waals surface area contributed by atoms with E-state index in [-0.39, 0.29) is 24.2 Å². The summed E-state index contributed by atoms with van der Waals surface area (Å²) in [6, 6.07) is 5.40. The first-order valence-electron chi connectivity index (χ1n) is 7.27. The minimum Gasteiger partial charge on any atom is -0.486 e. The maximum absolute atomic E-state index is 12.2. The van der Waals surface area contributed by atoms with Crippen LogP contribution in [0.5, 0.6) is 11.5 Å². The lowest BCUT2D eigenvalue weighted by atomic mass is 10.1. The summed E-state index contributed by atoms with van der Waals surface area (Å²) in [6.07, 6.45) is 1.84. The van der Waals surface area contributed by atoms with Crippen LogP contribution in [0.25, 0.3) is 0 Å². The summed E-state index contributed by atoms with van der Waals surface area (Å²) in [6.45, 7) is 5.37. The summed E-state index contributed by atoms with van der Waals surface area (Å²) in [5, 5.41) is 2.74. The molecule has 0 aromatic heterocycles. The summed E-state index contributed by atoms with van der Waals surface area (Å²) >= 11 is 0. The number of benzene rings is 1. The summed E-state index contributed by atoms with van der Waals surface area (Å²) in [5.41, 5.74) is 0.730. The van der Waals surface area contributed by atoms with Crippen molar-refractivity contribution < 1.29 is 19.1 Å². The van der Waals surface area contributed by atoms with Crippen LogP contribution in [0.4, 0.5) is 5.69 Å². The molecule has 3 rings (SSSR count). The van der Waals surface area contributed by atoms with E-state index in [1.54, 1.807) is 23.1 Å². The van der Waals surface area contributed by atoms with Crippen LogP contribution in [0.1, 0.15) is 6.42 Å².